The molecule has 2 rings (SSSR count). The maximum atomic E-state index is 12.2. The summed E-state index contributed by atoms with van der Waals surface area (Å²) < 4.78 is 5.62. The van der Waals surface area contributed by atoms with E-state index in [1.165, 1.54) is 0 Å². The lowest BCUT2D eigenvalue weighted by molar-refractivity contribution is -0.120. The monoisotopic (exact) mass is 342 g/mol. The first-order valence-corrected chi connectivity index (χ1v) is 8.32. The predicted molar refractivity (Wildman–Crippen MR) is 99.8 cm³/mol. The van der Waals surface area contributed by atoms with Gasteiger partial charge in [-0.1, -0.05) is 30.3 Å². The van der Waals surface area contributed by atoms with Crippen molar-refractivity contribution in [1.82, 2.24) is 4.90 Å². The number of ether oxygens (including phenoxy) is 1. The molecule has 134 valence electrons. The molecule has 25 heavy (non-hydrogen) atoms. The molecule has 1 amide bonds. The Morgan fingerprint density at radius 2 is 1.76 bits per heavy atom. The first kappa shape index (κ1) is 19.0. The van der Waals surface area contributed by atoms with Crippen molar-refractivity contribution in [3.63, 3.8) is 0 Å². The second-order valence-electron chi connectivity index (χ2n) is 6.54. The number of aliphatic hydroxyl groups is 1. The largest absolute Gasteiger partial charge is 0.492 e. The number of likely N-dealkylation sites (N-methyl/N-ethyl adjacent to an activating group) is 1. The van der Waals surface area contributed by atoms with Gasteiger partial charge in [0.25, 0.3) is 0 Å². The van der Waals surface area contributed by atoms with Crippen LogP contribution < -0.4 is 10.1 Å². The normalized spacial score (nSPS) is 13.3. The van der Waals surface area contributed by atoms with Crippen molar-refractivity contribution in [2.75, 3.05) is 32.6 Å². The summed E-state index contributed by atoms with van der Waals surface area (Å²) in [5.41, 5.74) is 0.184. The highest BCUT2D eigenvalue weighted by molar-refractivity contribution is 5.91. The molecule has 0 heterocycles. The van der Waals surface area contributed by atoms with Gasteiger partial charge >= 0.3 is 0 Å². The maximum absolute atomic E-state index is 12.2. The van der Waals surface area contributed by atoms with E-state index in [-0.39, 0.29) is 12.3 Å². The van der Waals surface area contributed by atoms with Gasteiger partial charge in [0, 0.05) is 12.2 Å². The van der Waals surface area contributed by atoms with Crippen molar-refractivity contribution < 1.29 is 14.6 Å². The number of amides is 1. The van der Waals surface area contributed by atoms with Gasteiger partial charge in [-0.3, -0.25) is 4.79 Å². The van der Waals surface area contributed by atoms with Crippen LogP contribution in [-0.4, -0.2) is 43.2 Å². The molecular formula is C20H26N2O3. The third kappa shape index (κ3) is 6.21. The number of carbonyl (C=O) groups is 1. The van der Waals surface area contributed by atoms with Gasteiger partial charge < -0.3 is 20.1 Å². The summed E-state index contributed by atoms with van der Waals surface area (Å²) in [5, 5.41) is 13.3. The second kappa shape index (κ2) is 8.65. The van der Waals surface area contributed by atoms with E-state index < -0.39 is 5.60 Å². The molecule has 0 bridgehead atoms. The number of carbonyl (C=O) groups excluding carboxylic acids is 1. The zero-order valence-electron chi connectivity index (χ0n) is 15.0. The number of hydrogen-bond acceptors (Lipinski definition) is 4. The first-order valence-electron chi connectivity index (χ1n) is 8.32. The average Bonchev–Trinajstić information content (AvgIpc) is 2.56. The number of nitrogens with one attached hydrogen (secondary N) is 1. The van der Waals surface area contributed by atoms with Crippen LogP contribution in [0.4, 0.5) is 5.69 Å². The number of benzene rings is 2. The zero-order valence-corrected chi connectivity index (χ0v) is 15.0. The molecule has 0 spiro atoms. The minimum atomic E-state index is -1.21. The molecule has 0 radical (unpaired) electrons. The Balaban J connectivity index is 1.88. The van der Waals surface area contributed by atoms with Crippen LogP contribution in [0.3, 0.4) is 0 Å². The average molecular weight is 342 g/mol. The predicted octanol–water partition coefficient (Wildman–Crippen LogP) is 2.86. The number of hydrogen-bond donors (Lipinski definition) is 2. The molecule has 5 heteroatoms. The Labute approximate surface area is 149 Å². The highest BCUT2D eigenvalue weighted by Gasteiger charge is 2.26. The minimum absolute atomic E-state index is 0.0158. The summed E-state index contributed by atoms with van der Waals surface area (Å²) in [4.78, 5) is 14.3. The quantitative estimate of drug-likeness (QED) is 0.774. The maximum Gasteiger partial charge on any atom is 0.227 e. The van der Waals surface area contributed by atoms with E-state index >= 15 is 0 Å². The van der Waals surface area contributed by atoms with E-state index in [9.17, 15) is 9.90 Å². The Morgan fingerprint density at radius 3 is 2.36 bits per heavy atom. The van der Waals surface area contributed by atoms with Crippen LogP contribution in [0.2, 0.25) is 0 Å². The van der Waals surface area contributed by atoms with Crippen LogP contribution in [0.5, 0.6) is 5.75 Å². The van der Waals surface area contributed by atoms with Gasteiger partial charge in [0.2, 0.25) is 5.91 Å². The molecule has 0 aliphatic carbocycles. The van der Waals surface area contributed by atoms with E-state index in [0.29, 0.717) is 12.3 Å². The minimum Gasteiger partial charge on any atom is -0.492 e. The Bertz CT molecular complexity index is 667. The van der Waals surface area contributed by atoms with E-state index in [1.54, 1.807) is 19.1 Å². The van der Waals surface area contributed by atoms with Gasteiger partial charge in [-0.25, -0.2) is 0 Å². The van der Waals surface area contributed by atoms with E-state index in [2.05, 4.69) is 5.32 Å². The van der Waals surface area contributed by atoms with Crippen LogP contribution in [0.25, 0.3) is 0 Å². The van der Waals surface area contributed by atoms with Crippen molar-refractivity contribution in [1.29, 1.82) is 0 Å². The van der Waals surface area contributed by atoms with E-state index in [1.807, 2.05) is 61.5 Å². The first-order chi connectivity index (χ1) is 11.9. The fourth-order valence-electron chi connectivity index (χ4n) is 2.40. The van der Waals surface area contributed by atoms with Gasteiger partial charge in [0.1, 0.15) is 12.4 Å². The molecule has 0 saturated carbocycles. The molecule has 5 nitrogen and oxygen atoms in total. The van der Waals surface area contributed by atoms with Crippen molar-refractivity contribution in [3.8, 4) is 5.75 Å². The van der Waals surface area contributed by atoms with Gasteiger partial charge in [0.15, 0.2) is 0 Å². The Hall–Kier alpha value is -2.37. The van der Waals surface area contributed by atoms with Crippen molar-refractivity contribution in [2.24, 2.45) is 0 Å². The Kier molecular flexibility index (Phi) is 6.56. The summed E-state index contributed by atoms with van der Waals surface area (Å²) in [6.45, 7) is 3.09. The molecule has 0 aliphatic rings. The number of nitrogens with zero attached hydrogens (tertiary/aromatic N) is 1. The molecule has 0 aromatic heterocycles. The van der Waals surface area contributed by atoms with Gasteiger partial charge in [-0.2, -0.15) is 0 Å². The summed E-state index contributed by atoms with van der Waals surface area (Å²) in [6, 6.07) is 16.4. The smallest absolute Gasteiger partial charge is 0.227 e. The van der Waals surface area contributed by atoms with Crippen LogP contribution in [0, 0.1) is 0 Å². The number of anilines is 1. The summed E-state index contributed by atoms with van der Waals surface area (Å²) in [7, 11) is 3.98. The SMILES string of the molecule is CN(C)CCOc1ccc(NC(=O)CC(C)(O)c2ccccc2)cc1. The molecule has 2 aromatic carbocycles. The standard InChI is InChI=1S/C20H26N2O3/c1-20(24,16-7-5-4-6-8-16)15-19(23)21-17-9-11-18(12-10-17)25-14-13-22(2)3/h4-12,24H,13-15H2,1-3H3,(H,21,23). The van der Waals surface area contributed by atoms with E-state index in [4.69, 9.17) is 4.74 Å². The summed E-state index contributed by atoms with van der Waals surface area (Å²) in [6.07, 6.45) is -0.0158. The third-order valence-electron chi connectivity index (χ3n) is 3.85. The van der Waals surface area contributed by atoms with Gasteiger partial charge in [-0.05, 0) is 50.8 Å². The fourth-order valence-corrected chi connectivity index (χ4v) is 2.40. The van der Waals surface area contributed by atoms with E-state index in [0.717, 1.165) is 17.9 Å². The van der Waals surface area contributed by atoms with Gasteiger partial charge in [0.05, 0.1) is 12.0 Å². The van der Waals surface area contributed by atoms with Gasteiger partial charge in [-0.15, -0.1) is 0 Å². The molecule has 0 saturated heterocycles. The molecule has 2 N–H and O–H groups in total. The highest BCUT2D eigenvalue weighted by Crippen LogP contribution is 2.25. The lowest BCUT2D eigenvalue weighted by Gasteiger charge is -2.23. The third-order valence-corrected chi connectivity index (χ3v) is 3.85. The van der Waals surface area contributed by atoms with Crippen LogP contribution in [-0.2, 0) is 10.4 Å². The summed E-state index contributed by atoms with van der Waals surface area (Å²) >= 11 is 0. The van der Waals surface area contributed by atoms with Crippen molar-refractivity contribution >= 4 is 11.6 Å². The van der Waals surface area contributed by atoms with Crippen molar-refractivity contribution in [2.45, 2.75) is 18.9 Å². The van der Waals surface area contributed by atoms with Crippen LogP contribution in [0.15, 0.2) is 54.6 Å². The molecule has 0 fully saturated rings. The summed E-state index contributed by atoms with van der Waals surface area (Å²) in [5.74, 6) is 0.520. The van der Waals surface area contributed by atoms with Crippen LogP contribution in [0.1, 0.15) is 18.9 Å². The second-order valence-corrected chi connectivity index (χ2v) is 6.54. The molecular weight excluding hydrogens is 316 g/mol. The topological polar surface area (TPSA) is 61.8 Å². The number of rotatable bonds is 8. The lowest BCUT2D eigenvalue weighted by atomic mass is 9.92. The van der Waals surface area contributed by atoms with Crippen molar-refractivity contribution in [3.05, 3.63) is 60.2 Å². The lowest BCUT2D eigenvalue weighted by Crippen LogP contribution is -2.28. The zero-order chi connectivity index (χ0) is 18.3. The molecule has 0 aliphatic heterocycles. The Morgan fingerprint density at radius 1 is 1.12 bits per heavy atom. The molecule has 1 unspecified atom stereocenters. The highest BCUT2D eigenvalue weighted by atomic mass is 16.5. The molecule has 2 aromatic rings. The van der Waals surface area contributed by atoms with Crippen LogP contribution >= 0.6 is 0 Å². The fraction of sp³-hybridized carbons (Fsp3) is 0.350. The molecule has 1 atom stereocenters.